The number of benzene rings is 2. The van der Waals surface area contributed by atoms with Crippen molar-refractivity contribution in [2.45, 2.75) is 19.9 Å². The van der Waals surface area contributed by atoms with Crippen molar-refractivity contribution in [1.82, 2.24) is 9.80 Å². The van der Waals surface area contributed by atoms with E-state index in [9.17, 15) is 4.79 Å². The van der Waals surface area contributed by atoms with Gasteiger partial charge in [-0.1, -0.05) is 74.5 Å². The molecule has 1 saturated heterocycles. The quantitative estimate of drug-likeness (QED) is 0.859. The minimum atomic E-state index is 0.0793. The Morgan fingerprint density at radius 3 is 1.67 bits per heavy atom. The smallest absolute Gasteiger partial charge is 0.225 e. The first-order chi connectivity index (χ1) is 11.7. The maximum absolute atomic E-state index is 12.2. The molecule has 2 aromatic carbocycles. The second kappa shape index (κ2) is 7.63. The van der Waals surface area contributed by atoms with Gasteiger partial charge in [0.1, 0.15) is 0 Å². The molecule has 0 N–H and O–H groups in total. The van der Waals surface area contributed by atoms with Crippen LogP contribution in [0, 0.1) is 5.92 Å². The normalized spacial score (nSPS) is 15.9. The van der Waals surface area contributed by atoms with Crippen LogP contribution in [0.4, 0.5) is 0 Å². The van der Waals surface area contributed by atoms with E-state index in [0.29, 0.717) is 0 Å². The molecular weight excluding hydrogens is 296 g/mol. The van der Waals surface area contributed by atoms with Gasteiger partial charge in [-0.3, -0.25) is 9.69 Å². The number of amides is 1. The van der Waals surface area contributed by atoms with Crippen molar-refractivity contribution in [1.29, 1.82) is 0 Å². The van der Waals surface area contributed by atoms with E-state index < -0.39 is 0 Å². The molecule has 3 heteroatoms. The minimum absolute atomic E-state index is 0.0793. The molecule has 1 amide bonds. The predicted molar refractivity (Wildman–Crippen MR) is 97.7 cm³/mol. The second-order valence-corrected chi connectivity index (χ2v) is 6.74. The fraction of sp³-hybridized carbons (Fsp3) is 0.381. The highest BCUT2D eigenvalue weighted by Gasteiger charge is 2.28. The summed E-state index contributed by atoms with van der Waals surface area (Å²) in [6, 6.07) is 21.6. The number of hydrogen-bond donors (Lipinski definition) is 0. The van der Waals surface area contributed by atoms with Gasteiger partial charge in [0.25, 0.3) is 0 Å². The SMILES string of the molecule is CC(C)C(=O)N1CCN(C(c2ccccc2)c2ccccc2)CC1. The van der Waals surface area contributed by atoms with Crippen molar-refractivity contribution >= 4 is 5.91 Å². The van der Waals surface area contributed by atoms with Crippen LogP contribution in [0.2, 0.25) is 0 Å². The molecular formula is C21H26N2O. The van der Waals surface area contributed by atoms with Gasteiger partial charge in [-0.25, -0.2) is 0 Å². The first-order valence-corrected chi connectivity index (χ1v) is 8.79. The Kier molecular flexibility index (Phi) is 5.31. The Morgan fingerprint density at radius 1 is 0.792 bits per heavy atom. The molecule has 2 aromatic rings. The van der Waals surface area contributed by atoms with Crippen LogP contribution in [-0.4, -0.2) is 41.9 Å². The van der Waals surface area contributed by atoms with Crippen molar-refractivity contribution < 1.29 is 4.79 Å². The molecule has 3 rings (SSSR count). The summed E-state index contributed by atoms with van der Waals surface area (Å²) < 4.78 is 0. The van der Waals surface area contributed by atoms with E-state index >= 15 is 0 Å². The summed E-state index contributed by atoms with van der Waals surface area (Å²) in [5, 5.41) is 0. The van der Waals surface area contributed by atoms with Gasteiger partial charge in [-0.2, -0.15) is 0 Å². The summed E-state index contributed by atoms with van der Waals surface area (Å²) in [5.74, 6) is 0.348. The van der Waals surface area contributed by atoms with Crippen LogP contribution in [-0.2, 0) is 4.79 Å². The second-order valence-electron chi connectivity index (χ2n) is 6.74. The van der Waals surface area contributed by atoms with Crippen LogP contribution in [0.3, 0.4) is 0 Å². The third kappa shape index (κ3) is 3.68. The lowest BCUT2D eigenvalue weighted by Gasteiger charge is -2.40. The fourth-order valence-electron chi connectivity index (χ4n) is 3.45. The van der Waals surface area contributed by atoms with Crippen molar-refractivity contribution in [3.8, 4) is 0 Å². The standard InChI is InChI=1S/C21H26N2O/c1-17(2)21(24)23-15-13-22(14-16-23)20(18-9-5-3-6-10-18)19-11-7-4-8-12-19/h3-12,17,20H,13-16H2,1-2H3. The van der Waals surface area contributed by atoms with Crippen molar-refractivity contribution in [2.75, 3.05) is 26.2 Å². The van der Waals surface area contributed by atoms with Crippen molar-refractivity contribution in [3.05, 3.63) is 71.8 Å². The lowest BCUT2D eigenvalue weighted by atomic mass is 9.96. The van der Waals surface area contributed by atoms with Crippen LogP contribution in [0.15, 0.2) is 60.7 Å². The Balaban J connectivity index is 1.80. The van der Waals surface area contributed by atoms with Gasteiger partial charge < -0.3 is 4.90 Å². The molecule has 3 nitrogen and oxygen atoms in total. The minimum Gasteiger partial charge on any atom is -0.340 e. The molecule has 0 unspecified atom stereocenters. The molecule has 1 heterocycles. The zero-order valence-electron chi connectivity index (χ0n) is 14.6. The summed E-state index contributed by atoms with van der Waals surface area (Å²) in [6.45, 7) is 7.40. The average Bonchev–Trinajstić information content (AvgIpc) is 2.64. The topological polar surface area (TPSA) is 23.6 Å². The number of hydrogen-bond acceptors (Lipinski definition) is 2. The maximum Gasteiger partial charge on any atom is 0.225 e. The van der Waals surface area contributed by atoms with Gasteiger partial charge in [-0.15, -0.1) is 0 Å². The van der Waals surface area contributed by atoms with Gasteiger partial charge in [-0.05, 0) is 11.1 Å². The summed E-state index contributed by atoms with van der Waals surface area (Å²) in [5.41, 5.74) is 2.62. The number of rotatable bonds is 4. The molecule has 1 fully saturated rings. The predicted octanol–water partition coefficient (Wildman–Crippen LogP) is 3.58. The first kappa shape index (κ1) is 16.7. The van der Waals surface area contributed by atoms with E-state index in [2.05, 4.69) is 65.6 Å². The molecule has 126 valence electrons. The maximum atomic E-state index is 12.2. The monoisotopic (exact) mass is 322 g/mol. The third-order valence-corrected chi connectivity index (χ3v) is 4.72. The van der Waals surface area contributed by atoms with E-state index in [1.807, 2.05) is 18.7 Å². The Hall–Kier alpha value is -2.13. The van der Waals surface area contributed by atoms with E-state index in [4.69, 9.17) is 0 Å². The van der Waals surface area contributed by atoms with E-state index in [1.165, 1.54) is 11.1 Å². The van der Waals surface area contributed by atoms with Crippen LogP contribution in [0.1, 0.15) is 31.0 Å². The molecule has 0 aromatic heterocycles. The Morgan fingerprint density at radius 2 is 1.25 bits per heavy atom. The van der Waals surface area contributed by atoms with Gasteiger partial charge in [0.05, 0.1) is 6.04 Å². The lowest BCUT2D eigenvalue weighted by Crippen LogP contribution is -2.50. The Bertz CT molecular complexity index is 607. The zero-order chi connectivity index (χ0) is 16.9. The van der Waals surface area contributed by atoms with Gasteiger partial charge in [0, 0.05) is 32.1 Å². The molecule has 1 aliphatic heterocycles. The third-order valence-electron chi connectivity index (χ3n) is 4.72. The highest BCUT2D eigenvalue weighted by atomic mass is 16.2. The fourth-order valence-corrected chi connectivity index (χ4v) is 3.45. The van der Waals surface area contributed by atoms with E-state index in [0.717, 1.165) is 26.2 Å². The van der Waals surface area contributed by atoms with Crippen LogP contribution >= 0.6 is 0 Å². The van der Waals surface area contributed by atoms with Gasteiger partial charge in [0.15, 0.2) is 0 Å². The molecule has 1 aliphatic rings. The molecule has 0 radical (unpaired) electrons. The van der Waals surface area contributed by atoms with E-state index in [-0.39, 0.29) is 17.9 Å². The number of carbonyl (C=O) groups is 1. The largest absolute Gasteiger partial charge is 0.340 e. The van der Waals surface area contributed by atoms with Crippen molar-refractivity contribution in [2.24, 2.45) is 5.92 Å². The Labute approximate surface area is 144 Å². The highest BCUT2D eigenvalue weighted by Crippen LogP contribution is 2.29. The highest BCUT2D eigenvalue weighted by molar-refractivity contribution is 5.78. The summed E-state index contributed by atoms with van der Waals surface area (Å²) in [7, 11) is 0. The molecule has 0 spiro atoms. The first-order valence-electron chi connectivity index (χ1n) is 8.79. The lowest BCUT2D eigenvalue weighted by molar-refractivity contribution is -0.136. The number of nitrogens with zero attached hydrogens (tertiary/aromatic N) is 2. The summed E-state index contributed by atoms with van der Waals surface area (Å²) in [4.78, 5) is 16.7. The van der Waals surface area contributed by atoms with Crippen LogP contribution in [0.25, 0.3) is 0 Å². The van der Waals surface area contributed by atoms with E-state index in [1.54, 1.807) is 0 Å². The molecule has 0 bridgehead atoms. The number of carbonyl (C=O) groups excluding carboxylic acids is 1. The van der Waals surface area contributed by atoms with Crippen molar-refractivity contribution in [3.63, 3.8) is 0 Å². The zero-order valence-corrected chi connectivity index (χ0v) is 14.6. The molecule has 0 saturated carbocycles. The van der Waals surface area contributed by atoms with Gasteiger partial charge >= 0.3 is 0 Å². The molecule has 0 aliphatic carbocycles. The number of piperazine rings is 1. The average molecular weight is 322 g/mol. The summed E-state index contributed by atoms with van der Waals surface area (Å²) in [6.07, 6.45) is 0. The molecule has 0 atom stereocenters. The summed E-state index contributed by atoms with van der Waals surface area (Å²) >= 11 is 0. The van der Waals surface area contributed by atoms with Crippen LogP contribution in [0.5, 0.6) is 0 Å². The van der Waals surface area contributed by atoms with Gasteiger partial charge in [0.2, 0.25) is 5.91 Å². The van der Waals surface area contributed by atoms with Crippen LogP contribution < -0.4 is 0 Å². The molecule has 24 heavy (non-hydrogen) atoms.